The quantitative estimate of drug-likeness (QED) is 0.611. The maximum Gasteiger partial charge on any atom is 0.231 e. The topological polar surface area (TPSA) is 63.1 Å². The van der Waals surface area contributed by atoms with Gasteiger partial charge in [-0.05, 0) is 42.0 Å². The van der Waals surface area contributed by atoms with Crippen molar-refractivity contribution < 1.29 is 19.0 Å². The van der Waals surface area contributed by atoms with Crippen LogP contribution in [0.25, 0.3) is 0 Å². The fourth-order valence-corrected chi connectivity index (χ4v) is 4.13. The number of phenols is 1. The van der Waals surface area contributed by atoms with E-state index in [-0.39, 0.29) is 24.1 Å². The second-order valence-corrected chi connectivity index (χ2v) is 7.57. The summed E-state index contributed by atoms with van der Waals surface area (Å²) in [5.74, 6) is 1.06. The molecule has 0 spiro atoms. The molecule has 2 atom stereocenters. The first-order valence-corrected chi connectivity index (χ1v) is 9.92. The van der Waals surface area contributed by atoms with E-state index in [1.807, 2.05) is 30.3 Å². The molecule has 2 N–H and O–H groups in total. The van der Waals surface area contributed by atoms with E-state index in [1.165, 1.54) is 6.07 Å². The van der Waals surface area contributed by atoms with Gasteiger partial charge >= 0.3 is 0 Å². The zero-order valence-electron chi connectivity index (χ0n) is 15.8. The average Bonchev–Trinajstić information content (AvgIpc) is 3.22. The molecule has 3 aromatic carbocycles. The molecule has 0 fully saturated rings. The molecule has 0 unspecified atom stereocenters. The number of rotatable bonds is 3. The summed E-state index contributed by atoms with van der Waals surface area (Å²) >= 11 is 6.32. The van der Waals surface area contributed by atoms with Gasteiger partial charge in [-0.15, -0.1) is 0 Å². The van der Waals surface area contributed by atoms with Gasteiger partial charge in [-0.3, -0.25) is 10.3 Å². The van der Waals surface area contributed by atoms with Crippen LogP contribution in [-0.2, 0) is 0 Å². The van der Waals surface area contributed by atoms with Crippen LogP contribution >= 0.6 is 11.6 Å². The molecule has 5 nitrogen and oxygen atoms in total. The fraction of sp³-hybridized carbons (Fsp3) is 0.174. The van der Waals surface area contributed by atoms with Crippen LogP contribution in [0.5, 0.6) is 17.2 Å². The number of fused-ring (bicyclic) bond motifs is 1. The number of phenolic OH excluding ortho intramolecular Hbond substituents is 1. The average molecular weight is 425 g/mol. The number of benzene rings is 3. The maximum absolute atomic E-state index is 14.7. The number of hydrogen-bond donors (Lipinski definition) is 2. The van der Waals surface area contributed by atoms with Gasteiger partial charge in [-0.1, -0.05) is 35.9 Å². The highest BCUT2D eigenvalue weighted by atomic mass is 35.5. The molecule has 0 saturated carbocycles. The van der Waals surface area contributed by atoms with Gasteiger partial charge in [0.05, 0.1) is 5.02 Å². The summed E-state index contributed by atoms with van der Waals surface area (Å²) in [5, 5.41) is 14.0. The Kier molecular flexibility index (Phi) is 4.81. The molecule has 30 heavy (non-hydrogen) atoms. The minimum Gasteiger partial charge on any atom is -0.508 e. The minimum absolute atomic E-state index is 0.167. The summed E-state index contributed by atoms with van der Waals surface area (Å²) in [5.41, 5.74) is 2.59. The van der Waals surface area contributed by atoms with Gasteiger partial charge in [0.15, 0.2) is 11.5 Å². The molecule has 3 aromatic rings. The molecular weight excluding hydrogens is 407 g/mol. The summed E-state index contributed by atoms with van der Waals surface area (Å²) < 4.78 is 25.6. The molecule has 2 heterocycles. The maximum atomic E-state index is 14.7. The SMILES string of the molecule is Oc1ccccc1[C@@H]1CC(c2ccc3c(c2)OCO3)=N[C@@H](c2c(F)cccc2Cl)N1. The summed E-state index contributed by atoms with van der Waals surface area (Å²) in [6.07, 6.45) is -0.211. The first kappa shape index (κ1) is 18.9. The molecule has 2 aliphatic heterocycles. The molecule has 0 amide bonds. The largest absolute Gasteiger partial charge is 0.508 e. The highest BCUT2D eigenvalue weighted by molar-refractivity contribution is 6.31. The summed E-state index contributed by atoms with van der Waals surface area (Å²) in [7, 11) is 0. The van der Waals surface area contributed by atoms with Crippen LogP contribution in [0.1, 0.15) is 35.3 Å². The van der Waals surface area contributed by atoms with Crippen LogP contribution in [0.15, 0.2) is 65.7 Å². The number of nitrogens with one attached hydrogen (secondary N) is 1. The zero-order valence-corrected chi connectivity index (χ0v) is 16.6. The van der Waals surface area contributed by atoms with Crippen LogP contribution in [0.2, 0.25) is 5.02 Å². The van der Waals surface area contributed by atoms with Crippen molar-refractivity contribution in [2.75, 3.05) is 6.79 Å². The van der Waals surface area contributed by atoms with Crippen LogP contribution in [-0.4, -0.2) is 17.6 Å². The van der Waals surface area contributed by atoms with E-state index in [9.17, 15) is 9.50 Å². The van der Waals surface area contributed by atoms with E-state index in [0.717, 1.165) is 11.3 Å². The summed E-state index contributed by atoms with van der Waals surface area (Å²) in [4.78, 5) is 4.78. The highest BCUT2D eigenvalue weighted by Gasteiger charge is 2.30. The van der Waals surface area contributed by atoms with Crippen LogP contribution in [0, 0.1) is 5.82 Å². The number of aliphatic imine (C=N–C) groups is 1. The molecule has 0 bridgehead atoms. The van der Waals surface area contributed by atoms with E-state index in [1.54, 1.807) is 24.3 Å². The lowest BCUT2D eigenvalue weighted by Gasteiger charge is -2.31. The van der Waals surface area contributed by atoms with E-state index < -0.39 is 12.0 Å². The molecule has 2 aliphatic rings. The summed E-state index contributed by atoms with van der Waals surface area (Å²) in [6.45, 7) is 0.181. The Morgan fingerprint density at radius 3 is 2.70 bits per heavy atom. The number of para-hydroxylation sites is 1. The number of nitrogens with zero attached hydrogens (tertiary/aromatic N) is 1. The summed E-state index contributed by atoms with van der Waals surface area (Å²) in [6, 6.07) is 17.0. The minimum atomic E-state index is -0.711. The third kappa shape index (κ3) is 3.38. The third-order valence-corrected chi connectivity index (χ3v) is 5.66. The first-order chi connectivity index (χ1) is 14.6. The van der Waals surface area contributed by atoms with Gasteiger partial charge in [-0.2, -0.15) is 0 Å². The van der Waals surface area contributed by atoms with Gasteiger partial charge in [0.1, 0.15) is 17.7 Å². The number of aromatic hydroxyl groups is 1. The van der Waals surface area contributed by atoms with Gasteiger partial charge in [-0.25, -0.2) is 4.39 Å². The molecule has 0 aromatic heterocycles. The van der Waals surface area contributed by atoms with Crippen molar-refractivity contribution in [1.29, 1.82) is 0 Å². The standard InChI is InChI=1S/C23H18ClFN2O3/c24-15-5-3-6-16(25)22(15)23-26-17(13-8-9-20-21(10-13)30-12-29-20)11-18(27-23)14-4-1-2-7-19(14)28/h1-10,18,23,27-28H,11-12H2/t18-,23+/m0/s1. The van der Waals surface area contributed by atoms with Crippen LogP contribution in [0.3, 0.4) is 0 Å². The number of ether oxygens (including phenoxy) is 2. The molecular formula is C23H18ClFN2O3. The van der Waals surface area contributed by atoms with Gasteiger partial charge in [0, 0.05) is 29.3 Å². The molecule has 7 heteroatoms. The Morgan fingerprint density at radius 1 is 1.03 bits per heavy atom. The Balaban J connectivity index is 1.60. The number of halogens is 2. The Labute approximate surface area is 177 Å². The highest BCUT2D eigenvalue weighted by Crippen LogP contribution is 2.39. The predicted octanol–water partition coefficient (Wildman–Crippen LogP) is 5.14. The lowest BCUT2D eigenvalue weighted by molar-refractivity contribution is 0.174. The van der Waals surface area contributed by atoms with Gasteiger partial charge in [0.25, 0.3) is 0 Å². The van der Waals surface area contributed by atoms with Crippen LogP contribution in [0.4, 0.5) is 4.39 Å². The van der Waals surface area contributed by atoms with Crippen molar-refractivity contribution in [3.8, 4) is 17.2 Å². The number of hydrogen-bond acceptors (Lipinski definition) is 5. The lowest BCUT2D eigenvalue weighted by atomic mass is 9.93. The first-order valence-electron chi connectivity index (χ1n) is 9.54. The predicted molar refractivity (Wildman–Crippen MR) is 112 cm³/mol. The van der Waals surface area contributed by atoms with Crippen molar-refractivity contribution in [1.82, 2.24) is 5.32 Å². The second kappa shape index (κ2) is 7.63. The second-order valence-electron chi connectivity index (χ2n) is 7.16. The molecule has 152 valence electrons. The van der Waals surface area contributed by atoms with Gasteiger partial charge in [0.2, 0.25) is 6.79 Å². The Hall–Kier alpha value is -3.09. The zero-order chi connectivity index (χ0) is 20.7. The van der Waals surface area contributed by atoms with Crippen molar-refractivity contribution >= 4 is 17.3 Å². The van der Waals surface area contributed by atoms with Gasteiger partial charge < -0.3 is 14.6 Å². The fourth-order valence-electron chi connectivity index (χ4n) is 3.86. The van der Waals surface area contributed by atoms with Crippen LogP contribution < -0.4 is 14.8 Å². The van der Waals surface area contributed by atoms with Crippen molar-refractivity contribution in [2.24, 2.45) is 4.99 Å². The smallest absolute Gasteiger partial charge is 0.231 e. The Bertz CT molecular complexity index is 1130. The third-order valence-electron chi connectivity index (χ3n) is 5.33. The molecule has 5 rings (SSSR count). The molecule has 0 aliphatic carbocycles. The van der Waals surface area contributed by atoms with Crippen molar-refractivity contribution in [2.45, 2.75) is 18.6 Å². The van der Waals surface area contributed by atoms with Crippen molar-refractivity contribution in [3.05, 3.63) is 88.2 Å². The van der Waals surface area contributed by atoms with E-state index in [0.29, 0.717) is 28.5 Å². The normalized spacial score (nSPS) is 20.1. The van der Waals surface area contributed by atoms with E-state index in [2.05, 4.69) is 5.32 Å². The Morgan fingerprint density at radius 2 is 1.87 bits per heavy atom. The van der Waals surface area contributed by atoms with Crippen molar-refractivity contribution in [3.63, 3.8) is 0 Å². The van der Waals surface area contributed by atoms with E-state index >= 15 is 0 Å². The van der Waals surface area contributed by atoms with E-state index in [4.69, 9.17) is 26.1 Å². The lowest BCUT2D eigenvalue weighted by Crippen LogP contribution is -2.33. The molecule has 0 radical (unpaired) electrons. The monoisotopic (exact) mass is 424 g/mol. The molecule has 0 saturated heterocycles.